The van der Waals surface area contributed by atoms with E-state index in [0.29, 0.717) is 23.9 Å². The Bertz CT molecular complexity index is 1030. The molecule has 0 radical (unpaired) electrons. The molecule has 0 atom stereocenters. The van der Waals surface area contributed by atoms with Gasteiger partial charge in [-0.1, -0.05) is 28.1 Å². The number of carbonyl (C=O) groups excluding carboxylic acids is 1. The number of nitrogens with zero attached hydrogens (tertiary/aromatic N) is 1. The second-order valence-corrected chi connectivity index (χ2v) is 6.95. The number of fused-ring (bicyclic) bond motifs is 1. The van der Waals surface area contributed by atoms with Gasteiger partial charge in [0.2, 0.25) is 0 Å². The van der Waals surface area contributed by atoms with Crippen LogP contribution in [-0.2, 0) is 13.0 Å². The lowest BCUT2D eigenvalue weighted by atomic mass is 10.0. The molecular weight excluding hydrogens is 396 g/mol. The molecule has 0 fully saturated rings. The Morgan fingerprint density at radius 3 is 2.73 bits per heavy atom. The third-order valence-corrected chi connectivity index (χ3v) is 4.77. The Labute approximate surface area is 159 Å². The van der Waals surface area contributed by atoms with Crippen LogP contribution in [0.5, 0.6) is 0 Å². The predicted octanol–water partition coefficient (Wildman–Crippen LogP) is 2.71. The number of nitrogens with one attached hydrogen (secondary N) is 1. The Morgan fingerprint density at radius 2 is 2.00 bits per heavy atom. The molecule has 26 heavy (non-hydrogen) atoms. The molecule has 6 heteroatoms. The normalized spacial score (nSPS) is 10.9. The molecule has 1 heterocycles. The largest absolute Gasteiger partial charge is 0.396 e. The second-order valence-electron chi connectivity index (χ2n) is 6.03. The Balaban J connectivity index is 2.08. The fourth-order valence-electron chi connectivity index (χ4n) is 3.03. The van der Waals surface area contributed by atoms with Gasteiger partial charge in [0.15, 0.2) is 0 Å². The maximum Gasteiger partial charge on any atom is 0.258 e. The quantitative estimate of drug-likeness (QED) is 0.673. The van der Waals surface area contributed by atoms with Gasteiger partial charge in [0.05, 0.1) is 6.54 Å². The molecule has 2 N–H and O–H groups in total. The molecule has 0 spiro atoms. The number of hydrogen-bond acceptors (Lipinski definition) is 3. The summed E-state index contributed by atoms with van der Waals surface area (Å²) in [7, 11) is 1.59. The highest BCUT2D eigenvalue weighted by molar-refractivity contribution is 9.10. The summed E-state index contributed by atoms with van der Waals surface area (Å²) in [6.07, 6.45) is 2.26. The monoisotopic (exact) mass is 414 g/mol. The molecule has 0 aliphatic heterocycles. The Morgan fingerprint density at radius 1 is 1.19 bits per heavy atom. The molecule has 0 aliphatic rings. The number of aliphatic hydroxyl groups excluding tert-OH is 1. The summed E-state index contributed by atoms with van der Waals surface area (Å²) in [6, 6.07) is 12.7. The van der Waals surface area contributed by atoms with Gasteiger partial charge in [-0.15, -0.1) is 0 Å². The van der Waals surface area contributed by atoms with Gasteiger partial charge in [-0.25, -0.2) is 0 Å². The molecular formula is C20H19BrN2O3. The van der Waals surface area contributed by atoms with Crippen LogP contribution in [0.1, 0.15) is 21.5 Å². The first-order valence-electron chi connectivity index (χ1n) is 8.27. The van der Waals surface area contributed by atoms with Crippen LogP contribution < -0.4 is 10.9 Å². The van der Waals surface area contributed by atoms with Gasteiger partial charge in [0, 0.05) is 35.3 Å². The minimum Gasteiger partial charge on any atom is -0.396 e. The van der Waals surface area contributed by atoms with Crippen LogP contribution in [0.3, 0.4) is 0 Å². The molecule has 0 saturated heterocycles. The minimum absolute atomic E-state index is 0.00593. The van der Waals surface area contributed by atoms with Gasteiger partial charge in [0.25, 0.3) is 11.5 Å². The lowest BCUT2D eigenvalue weighted by Gasteiger charge is -2.13. The van der Waals surface area contributed by atoms with Crippen molar-refractivity contribution in [2.75, 3.05) is 13.7 Å². The average molecular weight is 415 g/mol. The molecule has 2 aromatic carbocycles. The fourth-order valence-corrected chi connectivity index (χ4v) is 3.39. The third-order valence-electron chi connectivity index (χ3n) is 4.28. The highest BCUT2D eigenvalue weighted by atomic mass is 79.9. The van der Waals surface area contributed by atoms with Crippen molar-refractivity contribution in [3.8, 4) is 0 Å². The smallest absolute Gasteiger partial charge is 0.258 e. The van der Waals surface area contributed by atoms with Gasteiger partial charge >= 0.3 is 0 Å². The number of pyridine rings is 1. The summed E-state index contributed by atoms with van der Waals surface area (Å²) in [6.45, 7) is 0.361. The van der Waals surface area contributed by atoms with Crippen LogP contribution in [0.25, 0.3) is 10.8 Å². The van der Waals surface area contributed by atoms with Crippen LogP contribution >= 0.6 is 15.9 Å². The first kappa shape index (κ1) is 18.4. The number of aliphatic hydroxyl groups is 1. The van der Waals surface area contributed by atoms with Crippen LogP contribution in [0.2, 0.25) is 0 Å². The van der Waals surface area contributed by atoms with E-state index in [0.717, 1.165) is 21.0 Å². The standard InChI is InChI=1S/C20H19BrN2O3/c1-22-19(25)14-4-2-3-13(9-14)11-23-12-15(7-8-24)18-10-16(21)5-6-17(18)20(23)26/h2-6,9-10,12,24H,7-8,11H2,1H3,(H,22,25). The van der Waals surface area contributed by atoms with Gasteiger partial charge in [-0.3, -0.25) is 9.59 Å². The van der Waals surface area contributed by atoms with E-state index in [9.17, 15) is 14.7 Å². The summed E-state index contributed by atoms with van der Waals surface area (Å²) in [5.74, 6) is -0.163. The van der Waals surface area contributed by atoms with Crippen molar-refractivity contribution in [1.29, 1.82) is 0 Å². The van der Waals surface area contributed by atoms with E-state index in [4.69, 9.17) is 0 Å². The minimum atomic E-state index is -0.163. The number of benzene rings is 2. The number of halogens is 1. The van der Waals surface area contributed by atoms with Gasteiger partial charge in [-0.05, 0) is 53.3 Å². The fraction of sp³-hybridized carbons (Fsp3) is 0.200. The van der Waals surface area contributed by atoms with Crippen molar-refractivity contribution in [3.63, 3.8) is 0 Å². The zero-order valence-corrected chi connectivity index (χ0v) is 15.9. The van der Waals surface area contributed by atoms with Crippen LogP contribution in [0.4, 0.5) is 0 Å². The highest BCUT2D eigenvalue weighted by Gasteiger charge is 2.11. The van der Waals surface area contributed by atoms with Crippen LogP contribution in [0.15, 0.2) is 57.9 Å². The number of amides is 1. The summed E-state index contributed by atoms with van der Waals surface area (Å²) < 4.78 is 2.52. The second kappa shape index (κ2) is 7.85. The molecule has 5 nitrogen and oxygen atoms in total. The van der Waals surface area contributed by atoms with Gasteiger partial charge in [-0.2, -0.15) is 0 Å². The molecule has 0 saturated carbocycles. The summed E-state index contributed by atoms with van der Waals surface area (Å²) in [5, 5.41) is 13.4. The number of rotatable bonds is 5. The highest BCUT2D eigenvalue weighted by Crippen LogP contribution is 2.21. The molecule has 3 aromatic rings. The van der Waals surface area contributed by atoms with E-state index in [1.165, 1.54) is 0 Å². The summed E-state index contributed by atoms with van der Waals surface area (Å²) in [5.41, 5.74) is 2.23. The molecule has 1 aromatic heterocycles. The van der Waals surface area contributed by atoms with Gasteiger partial charge in [0.1, 0.15) is 0 Å². The zero-order chi connectivity index (χ0) is 18.7. The maximum atomic E-state index is 12.9. The number of aromatic nitrogens is 1. The van der Waals surface area contributed by atoms with E-state index >= 15 is 0 Å². The lowest BCUT2D eigenvalue weighted by Crippen LogP contribution is -2.22. The van der Waals surface area contributed by atoms with Crippen molar-refractivity contribution in [1.82, 2.24) is 9.88 Å². The average Bonchev–Trinajstić information content (AvgIpc) is 2.65. The van der Waals surface area contributed by atoms with E-state index < -0.39 is 0 Å². The first-order valence-corrected chi connectivity index (χ1v) is 9.06. The SMILES string of the molecule is CNC(=O)c1cccc(Cn2cc(CCO)c3cc(Br)ccc3c2=O)c1. The van der Waals surface area contributed by atoms with Crippen molar-refractivity contribution in [2.24, 2.45) is 0 Å². The van der Waals surface area contributed by atoms with Crippen molar-refractivity contribution in [3.05, 3.63) is 80.2 Å². The van der Waals surface area contributed by atoms with Crippen LogP contribution in [-0.4, -0.2) is 29.2 Å². The number of hydrogen-bond donors (Lipinski definition) is 2. The molecule has 0 aliphatic carbocycles. The lowest BCUT2D eigenvalue weighted by molar-refractivity contribution is 0.0963. The van der Waals surface area contributed by atoms with Crippen molar-refractivity contribution < 1.29 is 9.90 Å². The topological polar surface area (TPSA) is 71.3 Å². The van der Waals surface area contributed by atoms with E-state index in [1.54, 1.807) is 42.1 Å². The zero-order valence-electron chi connectivity index (χ0n) is 14.3. The maximum absolute atomic E-state index is 12.9. The summed E-state index contributed by atoms with van der Waals surface area (Å²) in [4.78, 5) is 24.7. The molecule has 134 valence electrons. The molecule has 0 bridgehead atoms. The predicted molar refractivity (Wildman–Crippen MR) is 106 cm³/mol. The molecule has 3 rings (SSSR count). The Hall–Kier alpha value is -2.44. The third kappa shape index (κ3) is 3.71. The first-order chi connectivity index (χ1) is 12.5. The van der Waals surface area contributed by atoms with Crippen molar-refractivity contribution >= 4 is 32.6 Å². The van der Waals surface area contributed by atoms with E-state index in [1.807, 2.05) is 18.2 Å². The van der Waals surface area contributed by atoms with E-state index in [2.05, 4.69) is 21.2 Å². The number of carbonyl (C=O) groups is 1. The van der Waals surface area contributed by atoms with Crippen molar-refractivity contribution in [2.45, 2.75) is 13.0 Å². The molecule has 0 unspecified atom stereocenters. The summed E-state index contributed by atoms with van der Waals surface area (Å²) >= 11 is 3.43. The van der Waals surface area contributed by atoms with Crippen LogP contribution in [0, 0.1) is 0 Å². The van der Waals surface area contributed by atoms with Gasteiger partial charge < -0.3 is 15.0 Å². The molecule has 1 amide bonds. The Kier molecular flexibility index (Phi) is 5.54. The van der Waals surface area contributed by atoms with E-state index in [-0.39, 0.29) is 18.1 Å².